The molecule has 0 saturated carbocycles. The summed E-state index contributed by atoms with van der Waals surface area (Å²) in [6, 6.07) is 9.51. The van der Waals surface area contributed by atoms with E-state index < -0.39 is 23.6 Å². The quantitative estimate of drug-likeness (QED) is 0.790. The van der Waals surface area contributed by atoms with E-state index in [1.165, 1.54) is 6.92 Å². The fourth-order valence-corrected chi connectivity index (χ4v) is 2.14. The van der Waals surface area contributed by atoms with Gasteiger partial charge < -0.3 is 5.32 Å². The molecule has 0 saturated heterocycles. The van der Waals surface area contributed by atoms with Gasteiger partial charge in [-0.3, -0.25) is 4.79 Å². The van der Waals surface area contributed by atoms with Crippen molar-refractivity contribution in [2.45, 2.75) is 19.9 Å². The van der Waals surface area contributed by atoms with Gasteiger partial charge in [-0.15, -0.1) is 10.2 Å². The second kappa shape index (κ2) is 6.76. The number of nitrogens with one attached hydrogen (secondary N) is 1. The third-order valence-electron chi connectivity index (χ3n) is 3.65. The molecule has 1 heterocycles. The average Bonchev–Trinajstić information content (AvgIpc) is 3.08. The molecule has 0 aliphatic carbocycles. The van der Waals surface area contributed by atoms with E-state index in [4.69, 9.17) is 0 Å². The zero-order valence-corrected chi connectivity index (χ0v) is 13.6. The number of tetrazole rings is 1. The molecule has 6 nitrogen and oxygen atoms in total. The normalized spacial score (nSPS) is 12.0. The van der Waals surface area contributed by atoms with E-state index in [2.05, 4.69) is 20.7 Å². The van der Waals surface area contributed by atoms with E-state index in [9.17, 15) is 13.6 Å². The number of amides is 1. The number of hydrogen-bond donors (Lipinski definition) is 1. The van der Waals surface area contributed by atoms with Crippen molar-refractivity contribution in [3.63, 3.8) is 0 Å². The van der Waals surface area contributed by atoms with Crippen LogP contribution in [-0.2, 0) is 4.79 Å². The van der Waals surface area contributed by atoms with Crippen LogP contribution in [0.25, 0.3) is 11.4 Å². The summed E-state index contributed by atoms with van der Waals surface area (Å²) in [6.45, 7) is 3.50. The highest BCUT2D eigenvalue weighted by Gasteiger charge is 2.20. The Morgan fingerprint density at radius 3 is 2.60 bits per heavy atom. The second-order valence-electron chi connectivity index (χ2n) is 5.59. The van der Waals surface area contributed by atoms with Crippen molar-refractivity contribution in [3.05, 3.63) is 59.7 Å². The predicted molar refractivity (Wildman–Crippen MR) is 87.7 cm³/mol. The molecular formula is C17H15F2N5O. The number of hydrogen-bond acceptors (Lipinski definition) is 4. The summed E-state index contributed by atoms with van der Waals surface area (Å²) in [5.41, 5.74) is 1.62. The molecule has 1 N–H and O–H groups in total. The molecule has 0 bridgehead atoms. The minimum atomic E-state index is -0.852. The van der Waals surface area contributed by atoms with Crippen molar-refractivity contribution >= 4 is 11.6 Å². The number of rotatable bonds is 4. The van der Waals surface area contributed by atoms with E-state index in [0.717, 1.165) is 34.1 Å². The SMILES string of the molecule is Cc1ccc(-c2nnn(C(C)C(=O)Nc3cc(F)ccc3F)n2)cc1. The summed E-state index contributed by atoms with van der Waals surface area (Å²) in [7, 11) is 0. The van der Waals surface area contributed by atoms with E-state index in [-0.39, 0.29) is 5.69 Å². The van der Waals surface area contributed by atoms with Gasteiger partial charge in [0.05, 0.1) is 5.69 Å². The van der Waals surface area contributed by atoms with Crippen LogP contribution in [-0.4, -0.2) is 26.1 Å². The van der Waals surface area contributed by atoms with E-state index in [1.54, 1.807) is 0 Å². The number of aryl methyl sites for hydroxylation is 1. The third kappa shape index (κ3) is 3.68. The van der Waals surface area contributed by atoms with Crippen LogP contribution in [0.1, 0.15) is 18.5 Å². The molecular weight excluding hydrogens is 328 g/mol. The molecule has 0 spiro atoms. The van der Waals surface area contributed by atoms with Crippen molar-refractivity contribution in [1.29, 1.82) is 0 Å². The van der Waals surface area contributed by atoms with Crippen LogP contribution >= 0.6 is 0 Å². The minimum Gasteiger partial charge on any atom is -0.322 e. The van der Waals surface area contributed by atoms with Crippen LogP contribution in [0.4, 0.5) is 14.5 Å². The number of halogens is 2. The van der Waals surface area contributed by atoms with Crippen LogP contribution in [0, 0.1) is 18.6 Å². The molecule has 0 radical (unpaired) electrons. The first-order valence-electron chi connectivity index (χ1n) is 7.56. The molecule has 3 rings (SSSR count). The molecule has 128 valence electrons. The zero-order valence-electron chi connectivity index (χ0n) is 13.6. The molecule has 2 aromatic carbocycles. The summed E-state index contributed by atoms with van der Waals surface area (Å²) in [5, 5.41) is 14.3. The first-order valence-corrected chi connectivity index (χ1v) is 7.56. The molecule has 8 heteroatoms. The highest BCUT2D eigenvalue weighted by Crippen LogP contribution is 2.18. The van der Waals surface area contributed by atoms with Gasteiger partial charge >= 0.3 is 0 Å². The molecule has 0 fully saturated rings. The van der Waals surface area contributed by atoms with Gasteiger partial charge in [0.1, 0.15) is 17.7 Å². The Morgan fingerprint density at radius 2 is 1.88 bits per heavy atom. The Kier molecular flexibility index (Phi) is 4.51. The van der Waals surface area contributed by atoms with Gasteiger partial charge in [-0.25, -0.2) is 8.78 Å². The Bertz CT molecular complexity index is 908. The van der Waals surface area contributed by atoms with Crippen LogP contribution in [0.15, 0.2) is 42.5 Å². The predicted octanol–water partition coefficient (Wildman–Crippen LogP) is 3.13. The summed E-state index contributed by atoms with van der Waals surface area (Å²) in [6.07, 6.45) is 0. The summed E-state index contributed by atoms with van der Waals surface area (Å²) in [4.78, 5) is 13.4. The van der Waals surface area contributed by atoms with Crippen molar-refractivity contribution in [2.24, 2.45) is 0 Å². The van der Waals surface area contributed by atoms with Gasteiger partial charge in [0.2, 0.25) is 5.82 Å². The van der Waals surface area contributed by atoms with Crippen molar-refractivity contribution in [3.8, 4) is 11.4 Å². The molecule has 0 aliphatic heterocycles. The Hall–Kier alpha value is -3.16. The molecule has 1 amide bonds. The smallest absolute Gasteiger partial charge is 0.250 e. The minimum absolute atomic E-state index is 0.240. The van der Waals surface area contributed by atoms with E-state index in [0.29, 0.717) is 5.82 Å². The maximum Gasteiger partial charge on any atom is 0.250 e. The van der Waals surface area contributed by atoms with Gasteiger partial charge in [0.15, 0.2) is 0 Å². The number of benzene rings is 2. The number of aromatic nitrogens is 4. The number of carbonyl (C=O) groups is 1. The average molecular weight is 343 g/mol. The zero-order chi connectivity index (χ0) is 18.0. The summed E-state index contributed by atoms with van der Waals surface area (Å²) < 4.78 is 26.8. The molecule has 1 atom stereocenters. The Balaban J connectivity index is 1.76. The second-order valence-corrected chi connectivity index (χ2v) is 5.59. The highest BCUT2D eigenvalue weighted by atomic mass is 19.1. The maximum absolute atomic E-state index is 13.6. The molecule has 1 aromatic heterocycles. The standard InChI is InChI=1S/C17H15F2N5O/c1-10-3-5-12(6-4-10)16-21-23-24(22-16)11(2)17(25)20-15-9-13(18)7-8-14(15)19/h3-9,11H,1-2H3,(H,20,25). The lowest BCUT2D eigenvalue weighted by Crippen LogP contribution is -2.26. The molecule has 0 aliphatic rings. The first kappa shape index (κ1) is 16.7. The summed E-state index contributed by atoms with van der Waals surface area (Å²) in [5.74, 6) is -1.59. The van der Waals surface area contributed by atoms with Gasteiger partial charge in [-0.2, -0.15) is 4.80 Å². The lowest BCUT2D eigenvalue weighted by atomic mass is 10.1. The fourth-order valence-electron chi connectivity index (χ4n) is 2.14. The Labute approximate surface area is 142 Å². The number of carbonyl (C=O) groups excluding carboxylic acids is 1. The van der Waals surface area contributed by atoms with Crippen LogP contribution in [0.2, 0.25) is 0 Å². The monoisotopic (exact) mass is 343 g/mol. The third-order valence-corrected chi connectivity index (χ3v) is 3.65. The Morgan fingerprint density at radius 1 is 1.16 bits per heavy atom. The van der Waals surface area contributed by atoms with Crippen molar-refractivity contribution < 1.29 is 13.6 Å². The molecule has 3 aromatic rings. The molecule has 1 unspecified atom stereocenters. The van der Waals surface area contributed by atoms with Gasteiger partial charge in [-0.1, -0.05) is 29.8 Å². The molecule has 25 heavy (non-hydrogen) atoms. The first-order chi connectivity index (χ1) is 11.9. The fraction of sp³-hybridized carbons (Fsp3) is 0.176. The van der Waals surface area contributed by atoms with Gasteiger partial charge in [0, 0.05) is 11.6 Å². The van der Waals surface area contributed by atoms with Crippen LogP contribution < -0.4 is 5.32 Å². The van der Waals surface area contributed by atoms with E-state index >= 15 is 0 Å². The lowest BCUT2D eigenvalue weighted by molar-refractivity contribution is -0.119. The van der Waals surface area contributed by atoms with Crippen LogP contribution in [0.5, 0.6) is 0 Å². The topological polar surface area (TPSA) is 72.7 Å². The van der Waals surface area contributed by atoms with Gasteiger partial charge in [0.25, 0.3) is 5.91 Å². The van der Waals surface area contributed by atoms with Crippen molar-refractivity contribution in [1.82, 2.24) is 20.2 Å². The van der Waals surface area contributed by atoms with E-state index in [1.807, 2.05) is 31.2 Å². The van der Waals surface area contributed by atoms with Crippen LogP contribution in [0.3, 0.4) is 0 Å². The van der Waals surface area contributed by atoms with Crippen molar-refractivity contribution in [2.75, 3.05) is 5.32 Å². The number of anilines is 1. The lowest BCUT2D eigenvalue weighted by Gasteiger charge is -2.11. The van der Waals surface area contributed by atoms with Gasteiger partial charge in [-0.05, 0) is 31.2 Å². The maximum atomic E-state index is 13.6. The summed E-state index contributed by atoms with van der Waals surface area (Å²) >= 11 is 0. The number of nitrogens with zero attached hydrogens (tertiary/aromatic N) is 4. The largest absolute Gasteiger partial charge is 0.322 e. The highest BCUT2D eigenvalue weighted by molar-refractivity contribution is 5.93.